The average molecular weight is 318 g/mol. The molecule has 0 aliphatic carbocycles. The van der Waals surface area contributed by atoms with Crippen LogP contribution in [0.1, 0.15) is 64.7 Å². The summed E-state index contributed by atoms with van der Waals surface area (Å²) in [7, 11) is -3.95. The summed E-state index contributed by atoms with van der Waals surface area (Å²) in [6.45, 7) is 2.23. The Hall–Kier alpha value is 0.380. The molecular formula is C13H27NaO5S. The van der Waals surface area contributed by atoms with Gasteiger partial charge in [-0.1, -0.05) is 45.4 Å². The Bertz CT molecular complexity index is 330. The van der Waals surface area contributed by atoms with E-state index in [-0.39, 0.29) is 54.3 Å². The molecular weight excluding hydrogens is 291 g/mol. The Morgan fingerprint density at radius 1 is 1.00 bits per heavy atom. The van der Waals surface area contributed by atoms with Crippen LogP contribution in [0.5, 0.6) is 0 Å². The summed E-state index contributed by atoms with van der Waals surface area (Å²) in [5, 5.41) is 0. The molecule has 20 heavy (non-hydrogen) atoms. The van der Waals surface area contributed by atoms with Crippen molar-refractivity contribution in [3.63, 3.8) is 0 Å². The van der Waals surface area contributed by atoms with Gasteiger partial charge in [-0.25, -0.2) is 0 Å². The van der Waals surface area contributed by atoms with Gasteiger partial charge in [-0.3, -0.25) is 9.35 Å². The van der Waals surface area contributed by atoms with Gasteiger partial charge in [-0.2, -0.15) is 8.42 Å². The number of ether oxygens (including phenoxy) is 1. The molecule has 0 fully saturated rings. The number of hydrogen-bond donors (Lipinski definition) is 1. The summed E-state index contributed by atoms with van der Waals surface area (Å²) in [6.07, 6.45) is 8.52. The molecule has 1 N–H and O–H groups in total. The summed E-state index contributed by atoms with van der Waals surface area (Å²) >= 11 is 0. The molecule has 0 radical (unpaired) electrons. The Kier molecular flexibility index (Phi) is 16.2. The number of carbonyl (C=O) groups excluding carboxylic acids is 1. The topological polar surface area (TPSA) is 80.7 Å². The Morgan fingerprint density at radius 2 is 1.55 bits per heavy atom. The minimum atomic E-state index is -3.95. The first kappa shape index (κ1) is 22.7. The van der Waals surface area contributed by atoms with Crippen molar-refractivity contribution in [1.29, 1.82) is 0 Å². The number of esters is 1. The van der Waals surface area contributed by atoms with E-state index in [1.807, 2.05) is 0 Å². The first-order valence-corrected chi connectivity index (χ1v) is 8.67. The second-order valence-corrected chi connectivity index (χ2v) is 6.30. The van der Waals surface area contributed by atoms with Crippen LogP contribution in [0.15, 0.2) is 0 Å². The first-order valence-electron chi connectivity index (χ1n) is 7.06. The predicted octanol–water partition coefficient (Wildman–Crippen LogP) is 2.30. The Balaban J connectivity index is 0. The summed E-state index contributed by atoms with van der Waals surface area (Å²) < 4.78 is 34.2. The maximum absolute atomic E-state index is 11.3. The van der Waals surface area contributed by atoms with Gasteiger partial charge in [0.2, 0.25) is 0 Å². The van der Waals surface area contributed by atoms with Crippen LogP contribution in [0.4, 0.5) is 0 Å². The molecule has 7 heteroatoms. The van der Waals surface area contributed by atoms with Gasteiger partial charge in [0, 0.05) is 6.42 Å². The molecule has 0 spiro atoms. The number of rotatable bonds is 12. The van der Waals surface area contributed by atoms with Crippen LogP contribution in [0.25, 0.3) is 0 Å². The van der Waals surface area contributed by atoms with Crippen LogP contribution in [-0.4, -0.2) is 60.9 Å². The summed E-state index contributed by atoms with van der Waals surface area (Å²) in [6, 6.07) is 0. The van der Waals surface area contributed by atoms with Gasteiger partial charge in [0.15, 0.2) is 0 Å². The summed E-state index contributed by atoms with van der Waals surface area (Å²) in [4.78, 5) is 11.3. The van der Waals surface area contributed by atoms with Crippen molar-refractivity contribution in [2.75, 3.05) is 12.4 Å². The second-order valence-electron chi connectivity index (χ2n) is 4.73. The van der Waals surface area contributed by atoms with Crippen LogP contribution in [0, 0.1) is 0 Å². The van der Waals surface area contributed by atoms with Gasteiger partial charge in [-0.15, -0.1) is 0 Å². The molecule has 0 aliphatic rings. The molecule has 0 rings (SSSR count). The van der Waals surface area contributed by atoms with Crippen molar-refractivity contribution in [3.05, 3.63) is 0 Å². The van der Waals surface area contributed by atoms with E-state index in [1.165, 1.54) is 25.7 Å². The third-order valence-corrected chi connectivity index (χ3v) is 3.60. The third-order valence-electron chi connectivity index (χ3n) is 2.79. The molecule has 0 heterocycles. The van der Waals surface area contributed by atoms with E-state index in [0.29, 0.717) is 6.42 Å². The van der Waals surface area contributed by atoms with Crippen molar-refractivity contribution >= 4 is 45.6 Å². The van der Waals surface area contributed by atoms with Crippen molar-refractivity contribution in [2.24, 2.45) is 0 Å². The SMILES string of the molecule is CCCCCCCCCC(=O)OCCCS(=O)(=O)O.[NaH]. The Morgan fingerprint density at radius 3 is 2.10 bits per heavy atom. The van der Waals surface area contributed by atoms with Crippen LogP contribution in [-0.2, 0) is 19.6 Å². The van der Waals surface area contributed by atoms with E-state index in [0.717, 1.165) is 19.3 Å². The van der Waals surface area contributed by atoms with E-state index in [2.05, 4.69) is 6.92 Å². The molecule has 0 unspecified atom stereocenters. The van der Waals surface area contributed by atoms with E-state index in [4.69, 9.17) is 9.29 Å². The van der Waals surface area contributed by atoms with E-state index < -0.39 is 10.1 Å². The molecule has 116 valence electrons. The molecule has 0 saturated carbocycles. The van der Waals surface area contributed by atoms with E-state index >= 15 is 0 Å². The van der Waals surface area contributed by atoms with Crippen LogP contribution >= 0.6 is 0 Å². The van der Waals surface area contributed by atoms with Crippen molar-refractivity contribution in [3.8, 4) is 0 Å². The van der Waals surface area contributed by atoms with Crippen molar-refractivity contribution in [2.45, 2.75) is 64.7 Å². The molecule has 0 saturated heterocycles. The third kappa shape index (κ3) is 18.4. The first-order chi connectivity index (χ1) is 8.95. The van der Waals surface area contributed by atoms with Crippen molar-refractivity contribution in [1.82, 2.24) is 0 Å². The quantitative estimate of drug-likeness (QED) is 0.258. The predicted molar refractivity (Wildman–Crippen MR) is 81.8 cm³/mol. The second kappa shape index (κ2) is 14.3. The molecule has 0 aromatic heterocycles. The van der Waals surface area contributed by atoms with Crippen LogP contribution in [0.3, 0.4) is 0 Å². The summed E-state index contributed by atoms with van der Waals surface area (Å²) in [5.74, 6) is -0.651. The molecule has 0 atom stereocenters. The van der Waals surface area contributed by atoms with Crippen LogP contribution in [0.2, 0.25) is 0 Å². The molecule has 0 aromatic carbocycles. The Labute approximate surface area is 144 Å². The number of hydrogen-bond acceptors (Lipinski definition) is 4. The monoisotopic (exact) mass is 318 g/mol. The standard InChI is InChI=1S/C13H26O5S.Na.H/c1-2-3-4-5-6-7-8-10-13(14)18-11-9-12-19(15,16)17;;/h2-12H2,1H3,(H,15,16,17);;. The normalized spacial score (nSPS) is 10.9. The van der Waals surface area contributed by atoms with Gasteiger partial charge < -0.3 is 4.74 Å². The fourth-order valence-corrected chi connectivity index (χ4v) is 2.21. The van der Waals surface area contributed by atoms with Gasteiger partial charge in [0.25, 0.3) is 10.1 Å². The summed E-state index contributed by atoms with van der Waals surface area (Å²) in [5.41, 5.74) is 0. The van der Waals surface area contributed by atoms with E-state index in [9.17, 15) is 13.2 Å². The molecule has 0 aromatic rings. The van der Waals surface area contributed by atoms with Gasteiger partial charge in [-0.05, 0) is 12.8 Å². The average Bonchev–Trinajstić information content (AvgIpc) is 2.32. The molecule has 0 amide bonds. The maximum atomic E-state index is 11.3. The fraction of sp³-hybridized carbons (Fsp3) is 0.923. The van der Waals surface area contributed by atoms with Gasteiger partial charge >= 0.3 is 35.5 Å². The number of unbranched alkanes of at least 4 members (excludes halogenated alkanes) is 6. The molecule has 0 bridgehead atoms. The zero-order valence-electron chi connectivity index (χ0n) is 11.8. The molecule has 0 aliphatic heterocycles. The zero-order valence-corrected chi connectivity index (χ0v) is 12.6. The molecule has 5 nitrogen and oxygen atoms in total. The van der Waals surface area contributed by atoms with E-state index in [1.54, 1.807) is 0 Å². The van der Waals surface area contributed by atoms with Gasteiger partial charge in [0.05, 0.1) is 12.4 Å². The zero-order chi connectivity index (χ0) is 14.6. The van der Waals surface area contributed by atoms with Crippen molar-refractivity contribution < 1.29 is 22.5 Å². The fourth-order valence-electron chi connectivity index (χ4n) is 1.73. The number of carbonyl (C=O) groups is 1. The van der Waals surface area contributed by atoms with Crippen LogP contribution < -0.4 is 0 Å². The minimum absolute atomic E-state index is 0. The van der Waals surface area contributed by atoms with Gasteiger partial charge in [0.1, 0.15) is 0 Å².